The van der Waals surface area contributed by atoms with Gasteiger partial charge in [0, 0.05) is 13.1 Å². The van der Waals surface area contributed by atoms with Crippen LogP contribution in [0.2, 0.25) is 0 Å². The second kappa shape index (κ2) is 5.75. The number of hydrogen-bond acceptors (Lipinski definition) is 8. The molecule has 1 aromatic rings. The molecule has 1 saturated heterocycles. The number of aliphatic hydroxyl groups excluding tert-OH is 3. The van der Waals surface area contributed by atoms with E-state index in [1.165, 1.54) is 24.8 Å². The van der Waals surface area contributed by atoms with Crippen LogP contribution in [0.5, 0.6) is 6.01 Å². The molecule has 0 saturated carbocycles. The maximum Gasteiger partial charge on any atom is 0.300 e. The summed E-state index contributed by atoms with van der Waals surface area (Å²) in [5, 5.41) is 31.1. The van der Waals surface area contributed by atoms with Crippen molar-refractivity contribution >= 4 is 5.82 Å². The summed E-state index contributed by atoms with van der Waals surface area (Å²) in [6.45, 7) is -0.427. The van der Waals surface area contributed by atoms with E-state index in [0.29, 0.717) is 0 Å². The Bertz CT molecular complexity index is 533. The topological polar surface area (TPSA) is 126 Å². The van der Waals surface area contributed by atoms with Gasteiger partial charge < -0.3 is 30.1 Å². The van der Waals surface area contributed by atoms with Crippen molar-refractivity contribution in [1.29, 1.82) is 0 Å². The first kappa shape index (κ1) is 14.7. The molecule has 112 valence electrons. The third-order valence-electron chi connectivity index (χ3n) is 3.11. The number of ether oxygens (including phenoxy) is 2. The monoisotopic (exact) mass is 287 g/mol. The van der Waals surface area contributed by atoms with E-state index < -0.39 is 31.1 Å². The Morgan fingerprint density at radius 3 is 2.75 bits per heavy atom. The van der Waals surface area contributed by atoms with E-state index in [1.54, 1.807) is 0 Å². The quantitative estimate of drug-likeness (QED) is 0.484. The minimum absolute atomic E-state index is 0.0896. The van der Waals surface area contributed by atoms with E-state index in [4.69, 9.17) is 14.6 Å². The second-order valence-corrected chi connectivity index (χ2v) is 4.43. The van der Waals surface area contributed by atoms with Crippen LogP contribution in [0.25, 0.3) is 0 Å². The van der Waals surface area contributed by atoms with Gasteiger partial charge in [-0.25, -0.2) is 0 Å². The van der Waals surface area contributed by atoms with Crippen molar-refractivity contribution in [3.63, 3.8) is 0 Å². The van der Waals surface area contributed by atoms with Crippen LogP contribution < -0.4 is 15.6 Å². The molecule has 4 atom stereocenters. The highest BCUT2D eigenvalue weighted by Crippen LogP contribution is 2.22. The SMILES string of the molecule is COc1nc(N[C@@H]2O[C@H](CO)[C@H](O)[C@H]2O)cc(=O)n1C. The molecule has 0 radical (unpaired) electrons. The summed E-state index contributed by atoms with van der Waals surface area (Å²) in [6, 6.07) is 1.30. The number of aliphatic hydroxyl groups is 3. The minimum atomic E-state index is -1.25. The van der Waals surface area contributed by atoms with Crippen molar-refractivity contribution in [3.05, 3.63) is 16.4 Å². The third-order valence-corrected chi connectivity index (χ3v) is 3.11. The second-order valence-electron chi connectivity index (χ2n) is 4.43. The van der Waals surface area contributed by atoms with Crippen LogP contribution in [0, 0.1) is 0 Å². The van der Waals surface area contributed by atoms with Gasteiger partial charge in [-0.05, 0) is 0 Å². The summed E-state index contributed by atoms with van der Waals surface area (Å²) in [7, 11) is 2.88. The first-order valence-electron chi connectivity index (χ1n) is 5.99. The van der Waals surface area contributed by atoms with Crippen molar-refractivity contribution in [1.82, 2.24) is 9.55 Å². The fourth-order valence-corrected chi connectivity index (χ4v) is 1.94. The molecule has 0 spiro atoms. The lowest BCUT2D eigenvalue weighted by Gasteiger charge is -2.17. The zero-order valence-corrected chi connectivity index (χ0v) is 11.1. The number of nitrogens with one attached hydrogen (secondary N) is 1. The Balaban J connectivity index is 2.19. The molecular weight excluding hydrogens is 270 g/mol. The molecule has 2 heterocycles. The van der Waals surface area contributed by atoms with Crippen molar-refractivity contribution in [2.75, 3.05) is 19.0 Å². The fourth-order valence-electron chi connectivity index (χ4n) is 1.94. The molecule has 1 aliphatic rings. The van der Waals surface area contributed by atoms with Gasteiger partial charge in [-0.15, -0.1) is 0 Å². The first-order chi connectivity index (χ1) is 9.47. The number of hydrogen-bond donors (Lipinski definition) is 4. The summed E-state index contributed by atoms with van der Waals surface area (Å²) < 4.78 is 11.4. The van der Waals surface area contributed by atoms with Gasteiger partial charge >= 0.3 is 6.01 Å². The molecule has 4 N–H and O–H groups in total. The molecule has 0 amide bonds. The molecule has 9 nitrogen and oxygen atoms in total. The average molecular weight is 287 g/mol. The lowest BCUT2D eigenvalue weighted by atomic mass is 10.1. The Hall–Kier alpha value is -1.68. The van der Waals surface area contributed by atoms with Crippen LogP contribution in [0.3, 0.4) is 0 Å². The van der Waals surface area contributed by atoms with Crippen LogP contribution in [-0.2, 0) is 11.8 Å². The first-order valence-corrected chi connectivity index (χ1v) is 5.99. The maximum atomic E-state index is 11.7. The van der Waals surface area contributed by atoms with E-state index in [0.717, 1.165) is 0 Å². The highest BCUT2D eigenvalue weighted by atomic mass is 16.6. The highest BCUT2D eigenvalue weighted by molar-refractivity contribution is 5.36. The van der Waals surface area contributed by atoms with Crippen molar-refractivity contribution in [2.24, 2.45) is 7.05 Å². The van der Waals surface area contributed by atoms with Gasteiger partial charge in [-0.1, -0.05) is 0 Å². The Morgan fingerprint density at radius 2 is 2.20 bits per heavy atom. The smallest absolute Gasteiger partial charge is 0.300 e. The Morgan fingerprint density at radius 1 is 1.50 bits per heavy atom. The van der Waals surface area contributed by atoms with Crippen LogP contribution in [0.15, 0.2) is 10.9 Å². The largest absolute Gasteiger partial charge is 0.468 e. The van der Waals surface area contributed by atoms with Gasteiger partial charge in [0.05, 0.1) is 13.7 Å². The summed E-state index contributed by atoms with van der Waals surface area (Å²) in [6.07, 6.45) is -4.34. The Labute approximate surface area is 114 Å². The van der Waals surface area contributed by atoms with Crippen LogP contribution >= 0.6 is 0 Å². The lowest BCUT2D eigenvalue weighted by molar-refractivity contribution is -0.0154. The normalized spacial score (nSPS) is 29.4. The van der Waals surface area contributed by atoms with E-state index in [-0.39, 0.29) is 17.4 Å². The van der Waals surface area contributed by atoms with Crippen molar-refractivity contribution in [3.8, 4) is 6.01 Å². The zero-order valence-electron chi connectivity index (χ0n) is 11.1. The zero-order chi connectivity index (χ0) is 14.9. The maximum absolute atomic E-state index is 11.7. The molecule has 0 aromatic carbocycles. The summed E-state index contributed by atoms with van der Waals surface area (Å²) in [4.78, 5) is 15.7. The van der Waals surface area contributed by atoms with Gasteiger partial charge in [0.15, 0.2) is 6.23 Å². The Kier molecular flexibility index (Phi) is 4.23. The van der Waals surface area contributed by atoms with E-state index >= 15 is 0 Å². The van der Waals surface area contributed by atoms with Crippen LogP contribution in [-0.4, -0.2) is 63.1 Å². The number of aromatic nitrogens is 2. The molecule has 9 heteroatoms. The standard InChI is InChI=1S/C11H17N3O6/c1-14-7(16)3-6(13-11(14)19-2)12-10-9(18)8(17)5(4-15)20-10/h3,5,8-10,12,15,17-18H,4H2,1-2H3/t5-,8+,9-,10-/m1/s1. The van der Waals surface area contributed by atoms with Gasteiger partial charge in [0.25, 0.3) is 5.56 Å². The van der Waals surface area contributed by atoms with Gasteiger partial charge in [0.2, 0.25) is 0 Å². The summed E-state index contributed by atoms with van der Waals surface area (Å²) in [5.74, 6) is 0.139. The molecule has 20 heavy (non-hydrogen) atoms. The summed E-state index contributed by atoms with van der Waals surface area (Å²) >= 11 is 0. The molecule has 1 fully saturated rings. The highest BCUT2D eigenvalue weighted by Gasteiger charge is 2.42. The van der Waals surface area contributed by atoms with E-state index in [2.05, 4.69) is 10.3 Å². The number of methoxy groups -OCH3 is 1. The van der Waals surface area contributed by atoms with Gasteiger partial charge in [-0.2, -0.15) is 4.98 Å². The molecule has 1 aromatic heterocycles. The number of anilines is 1. The van der Waals surface area contributed by atoms with Crippen molar-refractivity contribution < 1.29 is 24.8 Å². The van der Waals surface area contributed by atoms with E-state index in [1.807, 2.05) is 0 Å². The van der Waals surface area contributed by atoms with Gasteiger partial charge in [0.1, 0.15) is 24.1 Å². The molecule has 1 aliphatic heterocycles. The molecular formula is C11H17N3O6. The summed E-state index contributed by atoms with van der Waals surface area (Å²) in [5.41, 5.74) is -0.355. The predicted molar refractivity (Wildman–Crippen MR) is 67.4 cm³/mol. The predicted octanol–water partition coefficient (Wildman–Crippen LogP) is -2.36. The van der Waals surface area contributed by atoms with Gasteiger partial charge in [-0.3, -0.25) is 9.36 Å². The van der Waals surface area contributed by atoms with Crippen molar-refractivity contribution in [2.45, 2.75) is 24.5 Å². The minimum Gasteiger partial charge on any atom is -0.468 e. The number of rotatable bonds is 4. The fraction of sp³-hybridized carbons (Fsp3) is 0.636. The van der Waals surface area contributed by atoms with E-state index in [9.17, 15) is 15.0 Å². The molecule has 2 rings (SSSR count). The van der Waals surface area contributed by atoms with Crippen LogP contribution in [0.1, 0.15) is 0 Å². The molecule has 0 bridgehead atoms. The lowest BCUT2D eigenvalue weighted by Crippen LogP contribution is -2.37. The molecule has 0 aliphatic carbocycles. The van der Waals surface area contributed by atoms with Crippen LogP contribution in [0.4, 0.5) is 5.82 Å². The number of nitrogens with zero attached hydrogens (tertiary/aromatic N) is 2. The third kappa shape index (κ3) is 2.61. The average Bonchev–Trinajstić information content (AvgIpc) is 2.70. The molecule has 0 unspecified atom stereocenters.